The molecule has 0 aliphatic heterocycles. The Balaban J connectivity index is 1.48. The molecule has 1 heterocycles. The van der Waals surface area contributed by atoms with Crippen molar-refractivity contribution in [3.8, 4) is 11.3 Å². The van der Waals surface area contributed by atoms with Crippen molar-refractivity contribution in [1.29, 1.82) is 0 Å². The number of hydrogen-bond donors (Lipinski definition) is 2. The van der Waals surface area contributed by atoms with Crippen LogP contribution in [0.1, 0.15) is 19.8 Å². The van der Waals surface area contributed by atoms with E-state index in [9.17, 15) is 9.59 Å². The second kappa shape index (κ2) is 6.64. The number of nitrogens with zero attached hydrogens (tertiary/aromatic N) is 1. The molecule has 1 fully saturated rings. The third-order valence-electron chi connectivity index (χ3n) is 3.96. The van der Waals surface area contributed by atoms with Gasteiger partial charge in [-0.3, -0.25) is 9.59 Å². The van der Waals surface area contributed by atoms with Gasteiger partial charge in [0.1, 0.15) is 0 Å². The number of aromatic nitrogens is 1. The summed E-state index contributed by atoms with van der Waals surface area (Å²) in [5, 5.41) is 5.62. The third kappa shape index (κ3) is 3.97. The molecule has 120 valence electrons. The lowest BCUT2D eigenvalue weighted by atomic mass is 10.1. The summed E-state index contributed by atoms with van der Waals surface area (Å²) < 4.78 is 5.24. The maximum atomic E-state index is 11.9. The molecule has 3 rings (SSSR count). The lowest BCUT2D eigenvalue weighted by Gasteiger charge is -2.07. The van der Waals surface area contributed by atoms with Crippen LogP contribution in [-0.4, -0.2) is 23.3 Å². The van der Waals surface area contributed by atoms with E-state index >= 15 is 0 Å². The number of hydrogen-bond acceptors (Lipinski definition) is 4. The van der Waals surface area contributed by atoms with Gasteiger partial charge in [0.25, 0.3) is 0 Å². The highest BCUT2D eigenvalue weighted by Crippen LogP contribution is 2.37. The molecular formula is C17H19N3O3. The molecule has 0 bridgehead atoms. The first-order valence-electron chi connectivity index (χ1n) is 7.70. The fourth-order valence-corrected chi connectivity index (χ4v) is 2.45. The lowest BCUT2D eigenvalue weighted by molar-refractivity contribution is -0.122. The lowest BCUT2D eigenvalue weighted by Crippen LogP contribution is -2.29. The van der Waals surface area contributed by atoms with E-state index in [1.165, 1.54) is 6.39 Å². The molecule has 1 aliphatic rings. The van der Waals surface area contributed by atoms with Crippen LogP contribution in [0, 0.1) is 11.8 Å². The molecule has 23 heavy (non-hydrogen) atoms. The Labute approximate surface area is 134 Å². The second-order valence-corrected chi connectivity index (χ2v) is 5.86. The number of rotatable bonds is 6. The Morgan fingerprint density at radius 3 is 2.91 bits per heavy atom. The fraction of sp³-hybridized carbons (Fsp3) is 0.353. The highest BCUT2D eigenvalue weighted by molar-refractivity contribution is 5.92. The molecule has 1 aromatic heterocycles. The summed E-state index contributed by atoms with van der Waals surface area (Å²) >= 11 is 0. The highest BCUT2D eigenvalue weighted by Gasteiger charge is 2.38. The molecule has 2 aromatic rings. The summed E-state index contributed by atoms with van der Waals surface area (Å²) in [6.07, 6.45) is 4.19. The van der Waals surface area contributed by atoms with E-state index < -0.39 is 0 Å². The number of benzene rings is 1. The predicted molar refractivity (Wildman–Crippen MR) is 85.5 cm³/mol. The van der Waals surface area contributed by atoms with Gasteiger partial charge in [-0.25, -0.2) is 4.98 Å². The zero-order valence-corrected chi connectivity index (χ0v) is 12.9. The van der Waals surface area contributed by atoms with E-state index in [-0.39, 0.29) is 24.2 Å². The van der Waals surface area contributed by atoms with Gasteiger partial charge >= 0.3 is 0 Å². The van der Waals surface area contributed by atoms with Crippen molar-refractivity contribution in [2.45, 2.75) is 19.8 Å². The number of amides is 2. The molecule has 6 nitrogen and oxygen atoms in total. The fourth-order valence-electron chi connectivity index (χ4n) is 2.45. The average Bonchev–Trinajstić information content (AvgIpc) is 3.03. The third-order valence-corrected chi connectivity index (χ3v) is 3.96. The number of oxazole rings is 1. The number of carbonyl (C=O) groups excluding carboxylic acids is 2. The maximum Gasteiger partial charge on any atom is 0.226 e. The van der Waals surface area contributed by atoms with E-state index in [4.69, 9.17) is 4.42 Å². The molecule has 0 saturated heterocycles. The van der Waals surface area contributed by atoms with E-state index in [0.29, 0.717) is 23.9 Å². The van der Waals surface area contributed by atoms with Crippen LogP contribution in [0.25, 0.3) is 11.3 Å². The maximum absolute atomic E-state index is 11.9. The summed E-state index contributed by atoms with van der Waals surface area (Å²) in [4.78, 5) is 27.5. The molecule has 0 radical (unpaired) electrons. The Bertz CT molecular complexity index is 697. The zero-order chi connectivity index (χ0) is 16.2. The van der Waals surface area contributed by atoms with Gasteiger partial charge in [-0.2, -0.15) is 0 Å². The topological polar surface area (TPSA) is 84.2 Å². The smallest absolute Gasteiger partial charge is 0.226 e. The summed E-state index contributed by atoms with van der Waals surface area (Å²) in [6, 6.07) is 7.35. The minimum Gasteiger partial charge on any atom is -0.444 e. The van der Waals surface area contributed by atoms with Gasteiger partial charge in [-0.1, -0.05) is 19.1 Å². The van der Waals surface area contributed by atoms with E-state index in [1.807, 2.05) is 24.3 Å². The normalized spacial score (nSPS) is 19.2. The Kier molecular flexibility index (Phi) is 4.41. The summed E-state index contributed by atoms with van der Waals surface area (Å²) in [5.74, 6) is 1.17. The predicted octanol–water partition coefficient (Wildman–Crippen LogP) is 2.44. The molecule has 2 amide bonds. The first-order valence-corrected chi connectivity index (χ1v) is 7.70. The Morgan fingerprint density at radius 2 is 2.22 bits per heavy atom. The van der Waals surface area contributed by atoms with Gasteiger partial charge < -0.3 is 15.1 Å². The van der Waals surface area contributed by atoms with Crippen molar-refractivity contribution in [3.05, 3.63) is 36.9 Å². The molecule has 2 atom stereocenters. The van der Waals surface area contributed by atoms with Gasteiger partial charge in [-0.15, -0.1) is 0 Å². The second-order valence-electron chi connectivity index (χ2n) is 5.86. The first kappa shape index (κ1) is 15.3. The van der Waals surface area contributed by atoms with Crippen molar-refractivity contribution >= 4 is 17.5 Å². The van der Waals surface area contributed by atoms with E-state index in [1.54, 1.807) is 6.20 Å². The van der Waals surface area contributed by atoms with Crippen molar-refractivity contribution in [3.63, 3.8) is 0 Å². The number of carbonyl (C=O) groups is 2. The van der Waals surface area contributed by atoms with Gasteiger partial charge in [0, 0.05) is 30.1 Å². The highest BCUT2D eigenvalue weighted by atomic mass is 16.3. The van der Waals surface area contributed by atoms with Crippen LogP contribution in [0.4, 0.5) is 5.69 Å². The van der Waals surface area contributed by atoms with Gasteiger partial charge in [0.15, 0.2) is 12.2 Å². The van der Waals surface area contributed by atoms with Crippen LogP contribution in [0.3, 0.4) is 0 Å². The number of nitrogens with one attached hydrogen (secondary N) is 2. The van der Waals surface area contributed by atoms with Crippen LogP contribution in [0.5, 0.6) is 0 Å². The molecule has 0 unspecified atom stereocenters. The Hall–Kier alpha value is -2.63. The molecule has 1 aromatic carbocycles. The van der Waals surface area contributed by atoms with Gasteiger partial charge in [0.2, 0.25) is 11.8 Å². The van der Waals surface area contributed by atoms with Crippen LogP contribution in [0.2, 0.25) is 0 Å². The van der Waals surface area contributed by atoms with Crippen molar-refractivity contribution in [2.75, 3.05) is 11.9 Å². The molecular weight excluding hydrogens is 294 g/mol. The van der Waals surface area contributed by atoms with Gasteiger partial charge in [-0.05, 0) is 24.5 Å². The van der Waals surface area contributed by atoms with Crippen molar-refractivity contribution < 1.29 is 14.0 Å². The SMILES string of the molecule is C[C@H]1C[C@H]1C(=O)NCCC(=O)Nc1cccc(-c2cnco2)c1. The number of anilines is 1. The van der Waals surface area contributed by atoms with Crippen molar-refractivity contribution in [2.24, 2.45) is 11.8 Å². The van der Waals surface area contributed by atoms with Crippen LogP contribution < -0.4 is 10.6 Å². The summed E-state index contributed by atoms with van der Waals surface area (Å²) in [5.41, 5.74) is 1.53. The quantitative estimate of drug-likeness (QED) is 0.858. The summed E-state index contributed by atoms with van der Waals surface area (Å²) in [6.45, 7) is 2.41. The summed E-state index contributed by atoms with van der Waals surface area (Å²) in [7, 11) is 0. The van der Waals surface area contributed by atoms with Gasteiger partial charge in [0.05, 0.1) is 6.20 Å². The van der Waals surface area contributed by atoms with Crippen LogP contribution >= 0.6 is 0 Å². The molecule has 6 heteroatoms. The van der Waals surface area contributed by atoms with Crippen LogP contribution in [0.15, 0.2) is 41.3 Å². The average molecular weight is 313 g/mol. The largest absolute Gasteiger partial charge is 0.444 e. The molecule has 1 saturated carbocycles. The molecule has 1 aliphatic carbocycles. The first-order chi connectivity index (χ1) is 11.1. The zero-order valence-electron chi connectivity index (χ0n) is 12.9. The molecule has 2 N–H and O–H groups in total. The van der Waals surface area contributed by atoms with Crippen LogP contribution in [-0.2, 0) is 9.59 Å². The molecule has 0 spiro atoms. The van der Waals surface area contributed by atoms with E-state index in [2.05, 4.69) is 22.5 Å². The monoisotopic (exact) mass is 313 g/mol. The van der Waals surface area contributed by atoms with Crippen molar-refractivity contribution in [1.82, 2.24) is 10.3 Å². The minimum absolute atomic E-state index is 0.0533. The Morgan fingerprint density at radius 1 is 1.39 bits per heavy atom. The minimum atomic E-state index is -0.135. The standard InChI is InChI=1S/C17H19N3O3/c1-11-7-14(11)17(22)19-6-5-16(21)20-13-4-2-3-12(8-13)15-9-18-10-23-15/h2-4,8-11,14H,5-7H2,1H3,(H,19,22)(H,20,21)/t11-,14+/m0/s1. The van der Waals surface area contributed by atoms with E-state index in [0.717, 1.165) is 12.0 Å².